The Bertz CT molecular complexity index is 1500. The predicted molar refractivity (Wildman–Crippen MR) is 133 cm³/mol. The van der Waals surface area contributed by atoms with E-state index in [4.69, 9.17) is 9.47 Å². The van der Waals surface area contributed by atoms with Gasteiger partial charge < -0.3 is 14.6 Å². The second-order valence-corrected chi connectivity index (χ2v) is 9.00. The SMILES string of the molecule is COc1ccc(C2/C(=C(\O)c3ccncc3)C(=O)C(=O)N2c2nc3ccc(C)cc3s2)cc1OC. The van der Waals surface area contributed by atoms with Gasteiger partial charge >= 0.3 is 5.91 Å². The fraction of sp³-hybridized carbons (Fsp3) is 0.154. The first kappa shape index (κ1) is 22.5. The van der Waals surface area contributed by atoms with E-state index >= 15 is 0 Å². The number of rotatable bonds is 5. The van der Waals surface area contributed by atoms with Crippen LogP contribution in [0.2, 0.25) is 0 Å². The molecule has 0 spiro atoms. The lowest BCUT2D eigenvalue weighted by molar-refractivity contribution is -0.132. The Morgan fingerprint density at radius 3 is 2.46 bits per heavy atom. The topological polar surface area (TPSA) is 102 Å². The van der Waals surface area contributed by atoms with E-state index < -0.39 is 17.7 Å². The second-order valence-electron chi connectivity index (χ2n) is 7.99. The van der Waals surface area contributed by atoms with Crippen LogP contribution in [-0.2, 0) is 9.59 Å². The van der Waals surface area contributed by atoms with Crippen molar-refractivity contribution in [1.29, 1.82) is 0 Å². The van der Waals surface area contributed by atoms with Gasteiger partial charge in [-0.3, -0.25) is 19.5 Å². The minimum Gasteiger partial charge on any atom is -0.507 e. The van der Waals surface area contributed by atoms with Crippen LogP contribution in [0.5, 0.6) is 11.5 Å². The Hall–Kier alpha value is -4.24. The van der Waals surface area contributed by atoms with Gasteiger partial charge in [0.25, 0.3) is 5.78 Å². The molecule has 0 bridgehead atoms. The molecular formula is C26H21N3O5S. The maximum absolute atomic E-state index is 13.4. The summed E-state index contributed by atoms with van der Waals surface area (Å²) in [7, 11) is 3.03. The first-order valence-electron chi connectivity index (χ1n) is 10.7. The van der Waals surface area contributed by atoms with E-state index in [1.807, 2.05) is 25.1 Å². The fourth-order valence-electron chi connectivity index (χ4n) is 4.16. The molecule has 1 aliphatic heterocycles. The zero-order chi connectivity index (χ0) is 24.7. The van der Waals surface area contributed by atoms with E-state index in [-0.39, 0.29) is 11.3 Å². The van der Waals surface area contributed by atoms with Crippen LogP contribution in [-0.4, -0.2) is 41.0 Å². The van der Waals surface area contributed by atoms with Crippen LogP contribution < -0.4 is 14.4 Å². The van der Waals surface area contributed by atoms with Gasteiger partial charge in [0, 0.05) is 18.0 Å². The van der Waals surface area contributed by atoms with Crippen molar-refractivity contribution in [3.8, 4) is 11.5 Å². The Kier molecular flexibility index (Phi) is 5.70. The third-order valence-electron chi connectivity index (χ3n) is 5.86. The van der Waals surface area contributed by atoms with Crippen LogP contribution in [0.4, 0.5) is 5.13 Å². The van der Waals surface area contributed by atoms with E-state index in [0.29, 0.717) is 27.8 Å². The van der Waals surface area contributed by atoms with E-state index in [2.05, 4.69) is 9.97 Å². The first-order valence-corrected chi connectivity index (χ1v) is 11.5. The minimum absolute atomic E-state index is 0.0381. The number of aromatic nitrogens is 2. The molecule has 0 aliphatic carbocycles. The summed E-state index contributed by atoms with van der Waals surface area (Å²) in [5.74, 6) is -0.923. The standard InChI is InChI=1S/C26H21N3O5S/c1-14-4-6-17-20(12-14)35-26(28-17)29-22(16-5-7-18(33-2)19(13-16)34-3)21(24(31)25(29)32)23(30)15-8-10-27-11-9-15/h4-13,22,30H,1-3H3/b23-21+. The lowest BCUT2D eigenvalue weighted by Crippen LogP contribution is -2.29. The van der Waals surface area contributed by atoms with Gasteiger partial charge in [-0.25, -0.2) is 4.98 Å². The van der Waals surface area contributed by atoms with Gasteiger partial charge in [0.2, 0.25) is 0 Å². The monoisotopic (exact) mass is 487 g/mol. The fourth-order valence-corrected chi connectivity index (χ4v) is 5.25. The van der Waals surface area contributed by atoms with Crippen LogP contribution in [0.1, 0.15) is 22.7 Å². The molecule has 1 N–H and O–H groups in total. The Morgan fingerprint density at radius 1 is 1.00 bits per heavy atom. The number of hydrogen-bond acceptors (Lipinski definition) is 8. The molecule has 1 amide bonds. The first-order chi connectivity index (χ1) is 16.9. The maximum atomic E-state index is 13.4. The molecule has 0 saturated carbocycles. The highest BCUT2D eigenvalue weighted by atomic mass is 32.1. The number of ether oxygens (including phenoxy) is 2. The number of Topliss-reactive ketones (excluding diaryl/α,β-unsaturated/α-hetero) is 1. The molecule has 1 atom stereocenters. The summed E-state index contributed by atoms with van der Waals surface area (Å²) in [5, 5.41) is 11.5. The summed E-state index contributed by atoms with van der Waals surface area (Å²) < 4.78 is 11.7. The van der Waals surface area contributed by atoms with Crippen LogP contribution >= 0.6 is 11.3 Å². The number of carbonyl (C=O) groups is 2. The van der Waals surface area contributed by atoms with Crippen molar-refractivity contribution in [3.63, 3.8) is 0 Å². The number of anilines is 1. The quantitative estimate of drug-likeness (QED) is 0.248. The number of pyridine rings is 1. The van der Waals surface area contributed by atoms with Gasteiger partial charge in [-0.2, -0.15) is 0 Å². The highest BCUT2D eigenvalue weighted by molar-refractivity contribution is 7.22. The molecule has 2 aromatic carbocycles. The van der Waals surface area contributed by atoms with Gasteiger partial charge in [-0.15, -0.1) is 0 Å². The molecule has 0 radical (unpaired) electrons. The number of amides is 1. The summed E-state index contributed by atoms with van der Waals surface area (Å²) in [5.41, 5.74) is 2.68. The number of aliphatic hydroxyl groups is 1. The summed E-state index contributed by atoms with van der Waals surface area (Å²) in [6.07, 6.45) is 3.01. The van der Waals surface area contributed by atoms with Crippen molar-refractivity contribution in [2.45, 2.75) is 13.0 Å². The van der Waals surface area contributed by atoms with Crippen molar-refractivity contribution in [3.05, 3.63) is 83.2 Å². The van der Waals surface area contributed by atoms with E-state index in [0.717, 1.165) is 15.8 Å². The van der Waals surface area contributed by atoms with Crippen molar-refractivity contribution >= 4 is 44.1 Å². The summed E-state index contributed by atoms with van der Waals surface area (Å²) in [4.78, 5) is 36.7. The van der Waals surface area contributed by atoms with Gasteiger partial charge in [-0.1, -0.05) is 23.5 Å². The number of carbonyl (C=O) groups excluding carboxylic acids is 2. The van der Waals surface area contributed by atoms with Crippen LogP contribution in [0.15, 0.2) is 66.5 Å². The molecule has 9 heteroatoms. The van der Waals surface area contributed by atoms with Gasteiger partial charge in [0.1, 0.15) is 5.76 Å². The van der Waals surface area contributed by atoms with Gasteiger partial charge in [0.05, 0.1) is 36.1 Å². The normalized spacial score (nSPS) is 17.2. The molecule has 8 nitrogen and oxygen atoms in total. The van der Waals surface area contributed by atoms with Crippen LogP contribution in [0.3, 0.4) is 0 Å². The minimum atomic E-state index is -0.926. The van der Waals surface area contributed by atoms with Crippen molar-refractivity contribution in [2.75, 3.05) is 19.1 Å². The number of aliphatic hydroxyl groups excluding tert-OH is 1. The number of ketones is 1. The summed E-state index contributed by atoms with van der Waals surface area (Å²) in [6, 6.07) is 13.2. The van der Waals surface area contributed by atoms with Gasteiger partial charge in [0.15, 0.2) is 16.6 Å². The number of benzene rings is 2. The molecule has 1 aliphatic rings. The molecule has 176 valence electrons. The predicted octanol–water partition coefficient (Wildman–Crippen LogP) is 4.64. The smallest absolute Gasteiger partial charge is 0.301 e. The van der Waals surface area contributed by atoms with Crippen molar-refractivity contribution in [1.82, 2.24) is 9.97 Å². The lowest BCUT2D eigenvalue weighted by Gasteiger charge is -2.23. The molecule has 1 unspecified atom stereocenters. The summed E-state index contributed by atoms with van der Waals surface area (Å²) in [6.45, 7) is 1.98. The second kappa shape index (κ2) is 8.84. The Labute approximate surface area is 205 Å². The van der Waals surface area contributed by atoms with E-state index in [1.165, 1.54) is 42.8 Å². The summed E-state index contributed by atoms with van der Waals surface area (Å²) >= 11 is 1.31. The zero-order valence-electron chi connectivity index (χ0n) is 19.2. The highest BCUT2D eigenvalue weighted by Crippen LogP contribution is 2.45. The average molecular weight is 488 g/mol. The molecule has 35 heavy (non-hydrogen) atoms. The molecule has 3 heterocycles. The van der Waals surface area contributed by atoms with Gasteiger partial charge in [-0.05, 0) is 54.4 Å². The number of thiazole rings is 1. The molecule has 1 saturated heterocycles. The largest absolute Gasteiger partial charge is 0.507 e. The average Bonchev–Trinajstić information content (AvgIpc) is 3.41. The molecule has 2 aromatic heterocycles. The number of hydrogen-bond donors (Lipinski definition) is 1. The number of fused-ring (bicyclic) bond motifs is 1. The van der Waals surface area contributed by atoms with Crippen molar-refractivity contribution in [2.24, 2.45) is 0 Å². The zero-order valence-corrected chi connectivity index (χ0v) is 20.0. The molecule has 5 rings (SSSR count). The lowest BCUT2D eigenvalue weighted by atomic mass is 9.95. The molecular weight excluding hydrogens is 466 g/mol. The van der Waals surface area contributed by atoms with E-state index in [1.54, 1.807) is 30.3 Å². The van der Waals surface area contributed by atoms with E-state index in [9.17, 15) is 14.7 Å². The highest BCUT2D eigenvalue weighted by Gasteiger charge is 2.48. The molecule has 4 aromatic rings. The third kappa shape index (κ3) is 3.79. The third-order valence-corrected chi connectivity index (χ3v) is 6.88. The molecule has 1 fully saturated rings. The maximum Gasteiger partial charge on any atom is 0.301 e. The number of nitrogens with zero attached hydrogens (tertiary/aromatic N) is 3. The number of aryl methyl sites for hydroxylation is 1. The van der Waals surface area contributed by atoms with Crippen LogP contribution in [0.25, 0.3) is 16.0 Å². The van der Waals surface area contributed by atoms with Crippen molar-refractivity contribution < 1.29 is 24.2 Å². The Morgan fingerprint density at radius 2 is 1.74 bits per heavy atom. The number of methoxy groups -OCH3 is 2. The Balaban J connectivity index is 1.75. The van der Waals surface area contributed by atoms with Crippen LogP contribution in [0, 0.1) is 6.92 Å².